The van der Waals surface area contributed by atoms with Gasteiger partial charge < -0.3 is 15.4 Å². The molecule has 0 aliphatic carbocycles. The van der Waals surface area contributed by atoms with Crippen molar-refractivity contribution in [3.8, 4) is 11.5 Å². The van der Waals surface area contributed by atoms with Crippen LogP contribution in [-0.2, 0) is 16.3 Å². The second-order valence-electron chi connectivity index (χ2n) is 6.46. The molecule has 0 bridgehead atoms. The molecule has 0 radical (unpaired) electrons. The van der Waals surface area contributed by atoms with Gasteiger partial charge in [0.15, 0.2) is 0 Å². The van der Waals surface area contributed by atoms with Crippen LogP contribution in [0.2, 0.25) is 10.0 Å². The summed E-state index contributed by atoms with van der Waals surface area (Å²) in [5.74, 6) is 0.339. The van der Waals surface area contributed by atoms with E-state index >= 15 is 0 Å². The molecule has 0 fully saturated rings. The second kappa shape index (κ2) is 9.48. The number of nitrogens with one attached hydrogen (secondary N) is 2. The topological polar surface area (TPSA) is 105 Å². The zero-order chi connectivity index (χ0) is 24.4. The number of ether oxygens (including phenoxy) is 1. The Kier molecular flexibility index (Phi) is 7.08. The highest BCUT2D eigenvalue weighted by molar-refractivity contribution is 7.86. The fraction of sp³-hybridized carbons (Fsp3) is 0.0500. The number of carbonyl (C=O) groups is 1. The molecule has 0 aliphatic heterocycles. The minimum absolute atomic E-state index is 0.0171. The summed E-state index contributed by atoms with van der Waals surface area (Å²) in [7, 11) is -4.81. The van der Waals surface area contributed by atoms with Gasteiger partial charge in [-0.15, -0.1) is 0 Å². The molecule has 0 heterocycles. The van der Waals surface area contributed by atoms with Crippen molar-refractivity contribution in [2.45, 2.75) is 11.1 Å². The third-order valence-corrected chi connectivity index (χ3v) is 5.53. The van der Waals surface area contributed by atoms with E-state index in [1.54, 1.807) is 12.1 Å². The zero-order valence-electron chi connectivity index (χ0n) is 16.2. The lowest BCUT2D eigenvalue weighted by molar-refractivity contribution is -0.137. The molecule has 3 N–H and O–H groups in total. The van der Waals surface area contributed by atoms with Crippen LogP contribution in [0.1, 0.15) is 5.56 Å². The standard InChI is InChI=1S/C20H13Cl2F3N2O5S/c21-11-1-4-13(5-2-11)32-14-6-8-17(18(10-14)33(29,30)31)27-19(28)26-12-3-7-16(22)15(9-12)20(23,24)25/h1-10H,(H2,26,27,28)(H,29,30,31). The highest BCUT2D eigenvalue weighted by atomic mass is 35.5. The molecule has 3 aromatic rings. The highest BCUT2D eigenvalue weighted by Crippen LogP contribution is 2.36. The van der Waals surface area contributed by atoms with Crippen LogP contribution in [-0.4, -0.2) is 19.0 Å². The number of urea groups is 1. The van der Waals surface area contributed by atoms with Crippen LogP contribution in [0.4, 0.5) is 29.3 Å². The molecule has 33 heavy (non-hydrogen) atoms. The fourth-order valence-corrected chi connectivity index (χ4v) is 3.64. The van der Waals surface area contributed by atoms with E-state index in [1.807, 2.05) is 0 Å². The van der Waals surface area contributed by atoms with Crippen LogP contribution in [0.3, 0.4) is 0 Å². The van der Waals surface area contributed by atoms with Crippen molar-refractivity contribution in [3.05, 3.63) is 76.3 Å². The molecule has 0 saturated heterocycles. The van der Waals surface area contributed by atoms with Gasteiger partial charge in [-0.05, 0) is 54.6 Å². The fourth-order valence-electron chi connectivity index (χ4n) is 2.63. The lowest BCUT2D eigenvalue weighted by Crippen LogP contribution is -2.21. The molecule has 0 spiro atoms. The average Bonchev–Trinajstić information content (AvgIpc) is 2.70. The zero-order valence-corrected chi connectivity index (χ0v) is 18.5. The minimum Gasteiger partial charge on any atom is -0.457 e. The maximum atomic E-state index is 13.0. The summed E-state index contributed by atoms with van der Waals surface area (Å²) >= 11 is 11.3. The first-order valence-electron chi connectivity index (χ1n) is 8.82. The van der Waals surface area contributed by atoms with E-state index in [4.69, 9.17) is 27.9 Å². The van der Waals surface area contributed by atoms with E-state index in [2.05, 4.69) is 10.6 Å². The molecule has 0 saturated carbocycles. The monoisotopic (exact) mass is 520 g/mol. The third-order valence-electron chi connectivity index (χ3n) is 4.06. The third kappa shape index (κ3) is 6.51. The van der Waals surface area contributed by atoms with Crippen LogP contribution >= 0.6 is 23.2 Å². The summed E-state index contributed by atoms with van der Waals surface area (Å²) in [6, 6.07) is 11.2. The molecule has 7 nitrogen and oxygen atoms in total. The second-order valence-corrected chi connectivity index (χ2v) is 8.69. The molecule has 3 aromatic carbocycles. The Balaban J connectivity index is 1.82. The van der Waals surface area contributed by atoms with Gasteiger partial charge >= 0.3 is 12.2 Å². The van der Waals surface area contributed by atoms with Gasteiger partial charge in [-0.2, -0.15) is 21.6 Å². The Morgan fingerprint density at radius 3 is 2.15 bits per heavy atom. The van der Waals surface area contributed by atoms with Crippen LogP contribution in [0.25, 0.3) is 0 Å². The van der Waals surface area contributed by atoms with Crippen molar-refractivity contribution in [3.63, 3.8) is 0 Å². The molecule has 3 rings (SSSR count). The lowest BCUT2D eigenvalue weighted by Gasteiger charge is -2.14. The van der Waals surface area contributed by atoms with E-state index in [1.165, 1.54) is 18.2 Å². The Morgan fingerprint density at radius 1 is 0.909 bits per heavy atom. The predicted molar refractivity (Wildman–Crippen MR) is 117 cm³/mol. The predicted octanol–water partition coefficient (Wildman–Crippen LogP) is 6.70. The summed E-state index contributed by atoms with van der Waals surface area (Å²) in [6.45, 7) is 0. The van der Waals surface area contributed by atoms with Gasteiger partial charge in [0.05, 0.1) is 16.3 Å². The minimum atomic E-state index is -4.81. The van der Waals surface area contributed by atoms with Crippen LogP contribution in [0.15, 0.2) is 65.6 Å². The molecule has 0 unspecified atom stereocenters. The van der Waals surface area contributed by atoms with Crippen molar-refractivity contribution >= 4 is 50.7 Å². The Bertz CT molecular complexity index is 1300. The first kappa shape index (κ1) is 24.6. The van der Waals surface area contributed by atoms with Crippen LogP contribution < -0.4 is 15.4 Å². The molecular weight excluding hydrogens is 508 g/mol. The van der Waals surface area contributed by atoms with Gasteiger partial charge in [-0.3, -0.25) is 4.55 Å². The Labute approximate surface area is 195 Å². The number of alkyl halides is 3. The molecule has 174 valence electrons. The molecule has 0 atom stereocenters. The van der Waals surface area contributed by atoms with E-state index in [-0.39, 0.29) is 17.1 Å². The SMILES string of the molecule is O=C(Nc1ccc(Cl)c(C(F)(F)F)c1)Nc1ccc(Oc2ccc(Cl)cc2)cc1S(=O)(=O)O. The summed E-state index contributed by atoms with van der Waals surface area (Å²) in [5, 5.41) is 4.20. The molecule has 0 aliphatic rings. The van der Waals surface area contributed by atoms with E-state index < -0.39 is 37.8 Å². The van der Waals surface area contributed by atoms with Crippen molar-refractivity contribution in [2.24, 2.45) is 0 Å². The summed E-state index contributed by atoms with van der Waals surface area (Å²) in [4.78, 5) is 11.6. The number of rotatable bonds is 5. The van der Waals surface area contributed by atoms with Gasteiger partial charge in [-0.25, -0.2) is 4.79 Å². The van der Waals surface area contributed by atoms with E-state index in [0.29, 0.717) is 16.8 Å². The first-order chi connectivity index (χ1) is 15.3. The number of halogens is 5. The van der Waals surface area contributed by atoms with Crippen molar-refractivity contribution < 1.29 is 35.7 Å². The largest absolute Gasteiger partial charge is 0.457 e. The molecule has 2 amide bonds. The maximum absolute atomic E-state index is 13.0. The average molecular weight is 521 g/mol. The summed E-state index contributed by atoms with van der Waals surface area (Å²) in [5.41, 5.74) is -1.76. The van der Waals surface area contributed by atoms with Gasteiger partial charge in [-0.1, -0.05) is 23.2 Å². The summed E-state index contributed by atoms with van der Waals surface area (Å²) in [6.07, 6.45) is -4.75. The van der Waals surface area contributed by atoms with Crippen LogP contribution in [0.5, 0.6) is 11.5 Å². The van der Waals surface area contributed by atoms with Crippen molar-refractivity contribution in [2.75, 3.05) is 10.6 Å². The number of amides is 2. The number of carbonyl (C=O) groups excluding carboxylic acids is 1. The normalized spacial score (nSPS) is 11.7. The van der Waals surface area contributed by atoms with E-state index in [9.17, 15) is 30.9 Å². The number of hydrogen-bond acceptors (Lipinski definition) is 4. The quantitative estimate of drug-likeness (QED) is 0.325. The highest BCUT2D eigenvalue weighted by Gasteiger charge is 2.33. The van der Waals surface area contributed by atoms with Gasteiger partial charge in [0.2, 0.25) is 0 Å². The molecule has 0 aromatic heterocycles. The van der Waals surface area contributed by atoms with Crippen molar-refractivity contribution in [1.29, 1.82) is 0 Å². The smallest absolute Gasteiger partial charge is 0.417 e. The number of hydrogen-bond donors (Lipinski definition) is 3. The number of anilines is 2. The van der Waals surface area contributed by atoms with Gasteiger partial charge in [0.1, 0.15) is 16.4 Å². The molecule has 13 heteroatoms. The number of benzene rings is 3. The lowest BCUT2D eigenvalue weighted by atomic mass is 10.2. The van der Waals surface area contributed by atoms with Crippen molar-refractivity contribution in [1.82, 2.24) is 0 Å². The first-order valence-corrected chi connectivity index (χ1v) is 11.0. The maximum Gasteiger partial charge on any atom is 0.417 e. The van der Waals surface area contributed by atoms with E-state index in [0.717, 1.165) is 24.3 Å². The Morgan fingerprint density at radius 2 is 1.55 bits per heavy atom. The molecular formula is C20H13Cl2F3N2O5S. The van der Waals surface area contributed by atoms with Gasteiger partial charge in [0, 0.05) is 16.8 Å². The summed E-state index contributed by atoms with van der Waals surface area (Å²) < 4.78 is 77.6. The van der Waals surface area contributed by atoms with Crippen LogP contribution in [0, 0.1) is 0 Å². The van der Waals surface area contributed by atoms with Gasteiger partial charge in [0.25, 0.3) is 10.1 Å². The Hall–Kier alpha value is -2.99.